The molecule has 2 heteroatoms. The Labute approximate surface area is 136 Å². The fraction of sp³-hybridized carbons (Fsp3) is 0.368. The molecule has 0 aliphatic carbocycles. The van der Waals surface area contributed by atoms with E-state index < -0.39 is 0 Å². The Morgan fingerprint density at radius 3 is 2.48 bits per heavy atom. The van der Waals surface area contributed by atoms with Crippen molar-refractivity contribution >= 4 is 21.6 Å². The third-order valence-corrected chi connectivity index (χ3v) is 4.67. The third-order valence-electron chi connectivity index (χ3n) is 3.81. The Morgan fingerprint density at radius 2 is 1.81 bits per heavy atom. The van der Waals surface area contributed by atoms with E-state index in [4.69, 9.17) is 0 Å². The lowest BCUT2D eigenvalue weighted by Crippen LogP contribution is -2.11. The van der Waals surface area contributed by atoms with E-state index in [-0.39, 0.29) is 0 Å². The molecule has 0 fully saturated rings. The molecule has 2 aromatic rings. The van der Waals surface area contributed by atoms with Gasteiger partial charge in [-0.05, 0) is 36.6 Å². The summed E-state index contributed by atoms with van der Waals surface area (Å²) in [6, 6.07) is 17.6. The molecule has 0 aromatic heterocycles. The van der Waals surface area contributed by atoms with Crippen molar-refractivity contribution in [1.29, 1.82) is 0 Å². The number of nitrogens with one attached hydrogen (secondary N) is 1. The van der Waals surface area contributed by atoms with Crippen LogP contribution in [0, 0.1) is 6.92 Å². The minimum absolute atomic E-state index is 0.382. The molecule has 112 valence electrons. The number of hydrogen-bond donors (Lipinski definition) is 1. The molecule has 1 N–H and O–H groups in total. The Kier molecular flexibility index (Phi) is 6.31. The van der Waals surface area contributed by atoms with Crippen molar-refractivity contribution in [3.8, 4) is 0 Å². The quantitative estimate of drug-likeness (QED) is 0.565. The van der Waals surface area contributed by atoms with Crippen LogP contribution >= 0.6 is 15.9 Å². The summed E-state index contributed by atoms with van der Waals surface area (Å²) in [6.45, 7) is 4.37. The highest BCUT2D eigenvalue weighted by atomic mass is 79.9. The number of anilines is 1. The van der Waals surface area contributed by atoms with Gasteiger partial charge in [0, 0.05) is 10.2 Å². The topological polar surface area (TPSA) is 12.0 Å². The largest absolute Gasteiger partial charge is 0.378 e. The summed E-state index contributed by atoms with van der Waals surface area (Å²) in [4.78, 5) is 0. The molecule has 0 amide bonds. The van der Waals surface area contributed by atoms with Crippen molar-refractivity contribution in [3.05, 3.63) is 64.1 Å². The summed E-state index contributed by atoms with van der Waals surface area (Å²) in [5.74, 6) is 0. The van der Waals surface area contributed by atoms with Crippen LogP contribution in [0.3, 0.4) is 0 Å². The zero-order valence-corrected chi connectivity index (χ0v) is 14.5. The van der Waals surface area contributed by atoms with Gasteiger partial charge in [-0.25, -0.2) is 0 Å². The lowest BCUT2D eigenvalue weighted by atomic mass is 10.00. The second-order valence-corrected chi connectivity index (χ2v) is 6.42. The fourth-order valence-corrected chi connectivity index (χ4v) is 2.87. The van der Waals surface area contributed by atoms with E-state index in [1.54, 1.807) is 0 Å². The third kappa shape index (κ3) is 4.89. The molecule has 0 aliphatic rings. The molecule has 1 nitrogen and oxygen atoms in total. The summed E-state index contributed by atoms with van der Waals surface area (Å²) in [5, 5.41) is 3.69. The summed E-state index contributed by atoms with van der Waals surface area (Å²) >= 11 is 3.62. The first kappa shape index (κ1) is 16.1. The van der Waals surface area contributed by atoms with Crippen LogP contribution in [-0.4, -0.2) is 0 Å². The molecule has 1 unspecified atom stereocenters. The molecule has 1 atom stereocenters. The van der Waals surface area contributed by atoms with E-state index in [0.717, 1.165) is 4.47 Å². The van der Waals surface area contributed by atoms with Gasteiger partial charge >= 0.3 is 0 Å². The van der Waals surface area contributed by atoms with Crippen molar-refractivity contribution in [3.63, 3.8) is 0 Å². The SMILES string of the molecule is CCCCCC(Nc1ccc(C)c(Br)c1)c1ccccc1. The molecule has 0 radical (unpaired) electrons. The van der Waals surface area contributed by atoms with E-state index in [1.807, 2.05) is 0 Å². The molecular formula is C19H24BrN. The second-order valence-electron chi connectivity index (χ2n) is 5.57. The maximum Gasteiger partial charge on any atom is 0.0513 e. The summed E-state index contributed by atoms with van der Waals surface area (Å²) in [7, 11) is 0. The first-order valence-electron chi connectivity index (χ1n) is 7.78. The smallest absolute Gasteiger partial charge is 0.0513 e. The highest BCUT2D eigenvalue weighted by Gasteiger charge is 2.11. The lowest BCUT2D eigenvalue weighted by molar-refractivity contribution is 0.606. The minimum Gasteiger partial charge on any atom is -0.378 e. The molecule has 2 aromatic carbocycles. The Morgan fingerprint density at radius 1 is 1.05 bits per heavy atom. The van der Waals surface area contributed by atoms with E-state index in [9.17, 15) is 0 Å². The van der Waals surface area contributed by atoms with Crippen LogP contribution in [0.15, 0.2) is 53.0 Å². The van der Waals surface area contributed by atoms with Crippen molar-refractivity contribution in [1.82, 2.24) is 0 Å². The highest BCUT2D eigenvalue weighted by molar-refractivity contribution is 9.10. The molecule has 0 heterocycles. The zero-order valence-electron chi connectivity index (χ0n) is 12.9. The number of unbranched alkanes of at least 4 members (excludes halogenated alkanes) is 2. The highest BCUT2D eigenvalue weighted by Crippen LogP contribution is 2.27. The van der Waals surface area contributed by atoms with Gasteiger partial charge in [-0.2, -0.15) is 0 Å². The van der Waals surface area contributed by atoms with Crippen LogP contribution in [-0.2, 0) is 0 Å². The standard InChI is InChI=1S/C19H24BrN/c1-3-4-6-11-19(16-9-7-5-8-10-16)21-17-13-12-15(2)18(20)14-17/h5,7-10,12-14,19,21H,3-4,6,11H2,1-2H3. The summed E-state index contributed by atoms with van der Waals surface area (Å²) in [6.07, 6.45) is 4.99. The average molecular weight is 346 g/mol. The van der Waals surface area contributed by atoms with Crippen molar-refractivity contribution < 1.29 is 0 Å². The van der Waals surface area contributed by atoms with Gasteiger partial charge in [-0.1, -0.05) is 78.5 Å². The van der Waals surface area contributed by atoms with Crippen LogP contribution in [0.5, 0.6) is 0 Å². The summed E-state index contributed by atoms with van der Waals surface area (Å²) < 4.78 is 1.16. The molecular weight excluding hydrogens is 322 g/mol. The average Bonchev–Trinajstić information content (AvgIpc) is 2.51. The minimum atomic E-state index is 0.382. The van der Waals surface area contributed by atoms with Gasteiger partial charge in [0.05, 0.1) is 6.04 Å². The van der Waals surface area contributed by atoms with E-state index in [1.165, 1.54) is 42.5 Å². The number of rotatable bonds is 7. The Bertz CT molecular complexity index is 551. The van der Waals surface area contributed by atoms with Crippen molar-refractivity contribution in [2.75, 3.05) is 5.32 Å². The summed E-state index contributed by atoms with van der Waals surface area (Å²) in [5.41, 5.74) is 3.81. The molecule has 0 bridgehead atoms. The van der Waals surface area contributed by atoms with Gasteiger partial charge in [-0.3, -0.25) is 0 Å². The molecule has 0 aliphatic heterocycles. The predicted molar refractivity (Wildman–Crippen MR) is 95.8 cm³/mol. The molecule has 0 saturated carbocycles. The van der Waals surface area contributed by atoms with Gasteiger partial charge in [0.1, 0.15) is 0 Å². The maximum absolute atomic E-state index is 3.69. The normalized spacial score (nSPS) is 12.1. The molecule has 0 saturated heterocycles. The maximum atomic E-state index is 3.69. The monoisotopic (exact) mass is 345 g/mol. The first-order chi connectivity index (χ1) is 10.2. The number of aryl methyl sites for hydroxylation is 1. The van der Waals surface area contributed by atoms with Gasteiger partial charge < -0.3 is 5.32 Å². The number of halogens is 1. The van der Waals surface area contributed by atoms with Crippen molar-refractivity contribution in [2.24, 2.45) is 0 Å². The van der Waals surface area contributed by atoms with Crippen LogP contribution in [0.2, 0.25) is 0 Å². The number of benzene rings is 2. The van der Waals surface area contributed by atoms with Gasteiger partial charge in [0.15, 0.2) is 0 Å². The second kappa shape index (κ2) is 8.23. The molecule has 0 spiro atoms. The van der Waals surface area contributed by atoms with E-state index in [2.05, 4.69) is 83.6 Å². The van der Waals surface area contributed by atoms with Crippen LogP contribution < -0.4 is 5.32 Å². The van der Waals surface area contributed by atoms with E-state index in [0.29, 0.717) is 6.04 Å². The molecule has 21 heavy (non-hydrogen) atoms. The Hall–Kier alpha value is -1.28. The van der Waals surface area contributed by atoms with Gasteiger partial charge in [0.25, 0.3) is 0 Å². The first-order valence-corrected chi connectivity index (χ1v) is 8.57. The van der Waals surface area contributed by atoms with Crippen molar-refractivity contribution in [2.45, 2.75) is 45.6 Å². The van der Waals surface area contributed by atoms with Crippen LogP contribution in [0.25, 0.3) is 0 Å². The molecule has 2 rings (SSSR count). The van der Waals surface area contributed by atoms with Crippen LogP contribution in [0.4, 0.5) is 5.69 Å². The predicted octanol–water partition coefficient (Wildman–Crippen LogP) is 6.49. The van der Waals surface area contributed by atoms with E-state index >= 15 is 0 Å². The lowest BCUT2D eigenvalue weighted by Gasteiger charge is -2.21. The van der Waals surface area contributed by atoms with Gasteiger partial charge in [-0.15, -0.1) is 0 Å². The fourth-order valence-electron chi connectivity index (χ4n) is 2.49. The number of hydrogen-bond acceptors (Lipinski definition) is 1. The van der Waals surface area contributed by atoms with Gasteiger partial charge in [0.2, 0.25) is 0 Å². The van der Waals surface area contributed by atoms with Crippen LogP contribution in [0.1, 0.15) is 49.8 Å². The zero-order chi connectivity index (χ0) is 15.1. The Balaban J connectivity index is 2.13.